The fourth-order valence-corrected chi connectivity index (χ4v) is 3.38. The molecule has 3 heteroatoms. The maximum absolute atomic E-state index is 5.75. The predicted molar refractivity (Wildman–Crippen MR) is 73.7 cm³/mol. The maximum Gasteiger partial charge on any atom is 0.0641 e. The number of thiophene rings is 1. The predicted octanol–water partition coefficient (Wildman–Crippen LogP) is 3.66. The van der Waals surface area contributed by atoms with Crippen LogP contribution in [-0.4, -0.2) is 18.2 Å². The molecule has 2 unspecified atom stereocenters. The molecule has 2 rings (SSSR count). The summed E-state index contributed by atoms with van der Waals surface area (Å²) in [6.45, 7) is 9.66. The van der Waals surface area contributed by atoms with Gasteiger partial charge in [-0.05, 0) is 52.7 Å². The van der Waals surface area contributed by atoms with Crippen LogP contribution in [0.4, 0.5) is 0 Å². The van der Waals surface area contributed by atoms with Crippen molar-refractivity contribution < 1.29 is 4.74 Å². The van der Waals surface area contributed by atoms with Gasteiger partial charge in [0.05, 0.1) is 5.60 Å². The first-order valence-electron chi connectivity index (χ1n) is 6.43. The van der Waals surface area contributed by atoms with Crippen molar-refractivity contribution >= 4 is 11.3 Å². The van der Waals surface area contributed by atoms with Crippen molar-refractivity contribution in [3.8, 4) is 0 Å². The normalized spacial score (nSPS) is 25.8. The second-order valence-electron chi connectivity index (χ2n) is 5.63. The van der Waals surface area contributed by atoms with Crippen LogP contribution < -0.4 is 5.32 Å². The topological polar surface area (TPSA) is 21.3 Å². The van der Waals surface area contributed by atoms with Gasteiger partial charge < -0.3 is 10.1 Å². The van der Waals surface area contributed by atoms with E-state index in [1.54, 1.807) is 0 Å². The van der Waals surface area contributed by atoms with Crippen LogP contribution in [0.3, 0.4) is 0 Å². The summed E-state index contributed by atoms with van der Waals surface area (Å²) in [6, 6.07) is 5.47. The van der Waals surface area contributed by atoms with E-state index in [1.807, 2.05) is 11.3 Å². The van der Waals surface area contributed by atoms with Gasteiger partial charge >= 0.3 is 0 Å². The third-order valence-electron chi connectivity index (χ3n) is 3.37. The van der Waals surface area contributed by atoms with Crippen molar-refractivity contribution in [2.24, 2.45) is 0 Å². The lowest BCUT2D eigenvalue weighted by Crippen LogP contribution is -2.44. The summed E-state index contributed by atoms with van der Waals surface area (Å²) in [5, 5.41) is 3.73. The first-order chi connectivity index (χ1) is 7.96. The minimum absolute atomic E-state index is 0.0288. The van der Waals surface area contributed by atoms with Crippen LogP contribution in [0.1, 0.15) is 49.4 Å². The fraction of sp³-hybridized carbons (Fsp3) is 0.714. The molecule has 0 bridgehead atoms. The van der Waals surface area contributed by atoms with E-state index in [0.29, 0.717) is 12.1 Å². The summed E-state index contributed by atoms with van der Waals surface area (Å²) in [7, 11) is 0. The second-order valence-corrected chi connectivity index (χ2v) is 6.95. The third kappa shape index (κ3) is 3.54. The lowest BCUT2D eigenvalue weighted by molar-refractivity contribution is -0.0639. The molecular weight excluding hydrogens is 230 g/mol. The minimum Gasteiger partial charge on any atom is -0.375 e. The smallest absolute Gasteiger partial charge is 0.0641 e. The van der Waals surface area contributed by atoms with Gasteiger partial charge in [-0.1, -0.05) is 0 Å². The van der Waals surface area contributed by atoms with E-state index < -0.39 is 0 Å². The van der Waals surface area contributed by atoms with Crippen molar-refractivity contribution in [1.29, 1.82) is 0 Å². The number of aryl methyl sites for hydroxylation is 1. The van der Waals surface area contributed by atoms with E-state index in [2.05, 4.69) is 45.1 Å². The number of hydrogen-bond acceptors (Lipinski definition) is 3. The van der Waals surface area contributed by atoms with E-state index in [9.17, 15) is 0 Å². The van der Waals surface area contributed by atoms with Gasteiger partial charge in [-0.15, -0.1) is 11.3 Å². The van der Waals surface area contributed by atoms with Crippen LogP contribution in [0.15, 0.2) is 12.1 Å². The molecule has 17 heavy (non-hydrogen) atoms. The second kappa shape index (κ2) is 5.09. The zero-order valence-corrected chi connectivity index (χ0v) is 12.1. The van der Waals surface area contributed by atoms with Gasteiger partial charge in [0.2, 0.25) is 0 Å². The molecule has 1 aliphatic heterocycles. The van der Waals surface area contributed by atoms with E-state index in [1.165, 1.54) is 9.75 Å². The van der Waals surface area contributed by atoms with Crippen LogP contribution in [0, 0.1) is 6.92 Å². The quantitative estimate of drug-likeness (QED) is 0.887. The third-order valence-corrected chi connectivity index (χ3v) is 4.55. The SMILES string of the molecule is Cc1ccc(C(C)NC2CCOC(C)(C)C2)s1. The standard InChI is InChI=1S/C14H23NOS/c1-10-5-6-13(17-10)11(2)15-12-7-8-16-14(3,4)9-12/h5-6,11-12,15H,7-9H2,1-4H3. The number of rotatable bonds is 3. The van der Waals surface area contributed by atoms with Gasteiger partial charge in [0.15, 0.2) is 0 Å². The Morgan fingerprint density at radius 2 is 2.24 bits per heavy atom. The van der Waals surface area contributed by atoms with E-state index in [0.717, 1.165) is 19.4 Å². The van der Waals surface area contributed by atoms with Crippen LogP contribution in [0.2, 0.25) is 0 Å². The number of hydrogen-bond donors (Lipinski definition) is 1. The molecule has 0 saturated carbocycles. The van der Waals surface area contributed by atoms with E-state index >= 15 is 0 Å². The fourth-order valence-electron chi connectivity index (χ4n) is 2.50. The molecular formula is C14H23NOS. The highest BCUT2D eigenvalue weighted by atomic mass is 32.1. The van der Waals surface area contributed by atoms with Gasteiger partial charge in [-0.25, -0.2) is 0 Å². The summed E-state index contributed by atoms with van der Waals surface area (Å²) >= 11 is 1.89. The molecule has 0 aliphatic carbocycles. The lowest BCUT2D eigenvalue weighted by atomic mass is 9.93. The van der Waals surface area contributed by atoms with Crippen molar-refractivity contribution in [1.82, 2.24) is 5.32 Å². The molecule has 2 heterocycles. The Morgan fingerprint density at radius 1 is 1.47 bits per heavy atom. The number of ether oxygens (including phenoxy) is 1. The molecule has 0 aromatic carbocycles. The van der Waals surface area contributed by atoms with Crippen molar-refractivity contribution in [2.75, 3.05) is 6.61 Å². The highest BCUT2D eigenvalue weighted by Gasteiger charge is 2.29. The summed E-state index contributed by atoms with van der Waals surface area (Å²) in [5.41, 5.74) is 0.0288. The zero-order valence-electron chi connectivity index (χ0n) is 11.2. The van der Waals surface area contributed by atoms with Gasteiger partial charge in [0.1, 0.15) is 0 Å². The number of nitrogens with one attached hydrogen (secondary N) is 1. The lowest BCUT2D eigenvalue weighted by Gasteiger charge is -2.37. The molecule has 0 spiro atoms. The molecule has 96 valence electrons. The van der Waals surface area contributed by atoms with Crippen LogP contribution >= 0.6 is 11.3 Å². The van der Waals surface area contributed by atoms with Crippen LogP contribution in [-0.2, 0) is 4.74 Å². The first-order valence-corrected chi connectivity index (χ1v) is 7.24. The molecule has 1 aromatic heterocycles. The molecule has 2 nitrogen and oxygen atoms in total. The van der Waals surface area contributed by atoms with Crippen molar-refractivity contribution in [3.05, 3.63) is 21.9 Å². The molecule has 1 fully saturated rings. The average Bonchev–Trinajstić information content (AvgIpc) is 2.63. The largest absolute Gasteiger partial charge is 0.375 e. The van der Waals surface area contributed by atoms with Gasteiger partial charge in [-0.3, -0.25) is 0 Å². The summed E-state index contributed by atoms with van der Waals surface area (Å²) in [5.74, 6) is 0. The van der Waals surface area contributed by atoms with Gasteiger partial charge in [-0.2, -0.15) is 0 Å². The van der Waals surface area contributed by atoms with Gasteiger partial charge in [0.25, 0.3) is 0 Å². The Morgan fingerprint density at radius 3 is 2.82 bits per heavy atom. The van der Waals surface area contributed by atoms with Gasteiger partial charge in [0, 0.05) is 28.4 Å². The molecule has 1 N–H and O–H groups in total. The Hall–Kier alpha value is -0.380. The van der Waals surface area contributed by atoms with E-state index in [4.69, 9.17) is 4.74 Å². The monoisotopic (exact) mass is 253 g/mol. The van der Waals surface area contributed by atoms with Crippen molar-refractivity contribution in [3.63, 3.8) is 0 Å². The maximum atomic E-state index is 5.75. The molecule has 1 aromatic rings. The Bertz CT molecular complexity index is 372. The minimum atomic E-state index is 0.0288. The Balaban J connectivity index is 1.92. The summed E-state index contributed by atoms with van der Waals surface area (Å²) < 4.78 is 5.75. The molecule has 1 aliphatic rings. The molecule has 0 amide bonds. The summed E-state index contributed by atoms with van der Waals surface area (Å²) in [6.07, 6.45) is 2.22. The van der Waals surface area contributed by atoms with E-state index in [-0.39, 0.29) is 5.60 Å². The van der Waals surface area contributed by atoms with Crippen molar-refractivity contribution in [2.45, 2.75) is 58.2 Å². The molecule has 1 saturated heterocycles. The highest BCUT2D eigenvalue weighted by molar-refractivity contribution is 7.12. The first kappa shape index (κ1) is 13.1. The molecule has 0 radical (unpaired) electrons. The average molecular weight is 253 g/mol. The summed E-state index contributed by atoms with van der Waals surface area (Å²) in [4.78, 5) is 2.83. The molecule has 2 atom stereocenters. The van der Waals surface area contributed by atoms with Crippen LogP contribution in [0.5, 0.6) is 0 Å². The zero-order chi connectivity index (χ0) is 12.5. The highest BCUT2D eigenvalue weighted by Crippen LogP contribution is 2.28. The Kier molecular flexibility index (Phi) is 3.91. The van der Waals surface area contributed by atoms with Crippen LogP contribution in [0.25, 0.3) is 0 Å². The Labute approximate surface area is 108 Å².